The van der Waals surface area contributed by atoms with Crippen LogP contribution in [0.5, 0.6) is 0 Å². The summed E-state index contributed by atoms with van der Waals surface area (Å²) in [6.07, 6.45) is 17.1. The molecule has 0 aliphatic heterocycles. The molecule has 25 heavy (non-hydrogen) atoms. The molecular formula is C22H37NO2. The average molecular weight is 348 g/mol. The Morgan fingerprint density at radius 1 is 1.08 bits per heavy atom. The molecule has 0 aromatic rings. The van der Waals surface area contributed by atoms with Crippen molar-refractivity contribution in [1.82, 2.24) is 5.32 Å². The van der Waals surface area contributed by atoms with Crippen molar-refractivity contribution in [2.75, 3.05) is 13.2 Å². The van der Waals surface area contributed by atoms with Crippen LogP contribution in [0.1, 0.15) is 53.9 Å². The number of aliphatic hydroxyl groups is 1. The first kappa shape index (κ1) is 23.4. The molecule has 0 aromatic carbocycles. The van der Waals surface area contributed by atoms with Gasteiger partial charge in [-0.2, -0.15) is 0 Å². The molecule has 0 heterocycles. The molecule has 3 nitrogen and oxygen atoms in total. The van der Waals surface area contributed by atoms with Crippen molar-refractivity contribution in [3.05, 3.63) is 48.1 Å². The number of carbonyl (C=O) groups excluding carboxylic acids is 1. The third-order valence-electron chi connectivity index (χ3n) is 4.09. The number of carbonyl (C=O) groups is 1. The summed E-state index contributed by atoms with van der Waals surface area (Å²) in [6.45, 7) is 11.6. The highest BCUT2D eigenvalue weighted by atomic mass is 16.3. The van der Waals surface area contributed by atoms with Gasteiger partial charge in [-0.05, 0) is 37.5 Å². The fourth-order valence-electron chi connectivity index (χ4n) is 2.78. The molecule has 3 atom stereocenters. The van der Waals surface area contributed by atoms with Crippen LogP contribution in [0.4, 0.5) is 0 Å². The smallest absolute Gasteiger partial charge is 0.244 e. The zero-order chi connectivity index (χ0) is 19.1. The molecule has 0 saturated heterocycles. The molecule has 0 aliphatic carbocycles. The van der Waals surface area contributed by atoms with Gasteiger partial charge in [-0.15, -0.1) is 0 Å². The maximum absolute atomic E-state index is 11.3. The van der Waals surface area contributed by atoms with Gasteiger partial charge in [-0.1, -0.05) is 76.1 Å². The summed E-state index contributed by atoms with van der Waals surface area (Å²) < 4.78 is 0. The lowest BCUT2D eigenvalue weighted by atomic mass is 9.90. The van der Waals surface area contributed by atoms with E-state index in [1.54, 1.807) is 6.08 Å². The van der Waals surface area contributed by atoms with E-state index in [1.807, 2.05) is 18.2 Å². The van der Waals surface area contributed by atoms with Gasteiger partial charge in [-0.25, -0.2) is 0 Å². The van der Waals surface area contributed by atoms with Gasteiger partial charge in [0, 0.05) is 12.6 Å². The molecule has 0 aromatic heterocycles. The first-order valence-electron chi connectivity index (χ1n) is 9.46. The Morgan fingerprint density at radius 2 is 1.76 bits per heavy atom. The maximum atomic E-state index is 11.3. The molecule has 0 unspecified atom stereocenters. The Morgan fingerprint density at radius 3 is 2.40 bits per heavy atom. The summed E-state index contributed by atoms with van der Waals surface area (Å²) in [5.74, 6) is 1.70. The third kappa shape index (κ3) is 14.4. The van der Waals surface area contributed by atoms with E-state index in [0.717, 1.165) is 0 Å². The van der Waals surface area contributed by atoms with Crippen LogP contribution in [-0.2, 0) is 4.79 Å². The molecule has 1 amide bonds. The van der Waals surface area contributed by atoms with Gasteiger partial charge in [-0.3, -0.25) is 4.79 Å². The summed E-state index contributed by atoms with van der Waals surface area (Å²) in [5.41, 5.74) is 1.50. The second kappa shape index (κ2) is 14.7. The van der Waals surface area contributed by atoms with Gasteiger partial charge in [0.05, 0.1) is 6.61 Å². The summed E-state index contributed by atoms with van der Waals surface area (Å²) in [7, 11) is 0. The van der Waals surface area contributed by atoms with E-state index < -0.39 is 0 Å². The molecule has 0 bridgehead atoms. The lowest BCUT2D eigenvalue weighted by molar-refractivity contribution is -0.116. The van der Waals surface area contributed by atoms with Crippen molar-refractivity contribution >= 4 is 5.91 Å². The van der Waals surface area contributed by atoms with Crippen LogP contribution in [0.25, 0.3) is 0 Å². The average Bonchev–Trinajstić information content (AvgIpc) is 2.55. The van der Waals surface area contributed by atoms with Crippen LogP contribution in [-0.4, -0.2) is 24.2 Å². The fraction of sp³-hybridized carbons (Fsp3) is 0.591. The van der Waals surface area contributed by atoms with E-state index >= 15 is 0 Å². The van der Waals surface area contributed by atoms with Crippen LogP contribution in [0, 0.1) is 17.8 Å². The van der Waals surface area contributed by atoms with Crippen LogP contribution in [0.3, 0.4) is 0 Å². The van der Waals surface area contributed by atoms with E-state index in [-0.39, 0.29) is 19.1 Å². The van der Waals surface area contributed by atoms with Crippen molar-refractivity contribution in [2.45, 2.75) is 53.9 Å². The number of allylic oxidation sites excluding steroid dienone is 7. The highest BCUT2D eigenvalue weighted by molar-refractivity contribution is 5.87. The molecule has 0 aliphatic rings. The largest absolute Gasteiger partial charge is 0.395 e. The van der Waals surface area contributed by atoms with Crippen LogP contribution in [0.15, 0.2) is 48.1 Å². The molecule has 0 rings (SSSR count). The summed E-state index contributed by atoms with van der Waals surface area (Å²) in [5, 5.41) is 11.2. The van der Waals surface area contributed by atoms with Crippen LogP contribution < -0.4 is 5.32 Å². The van der Waals surface area contributed by atoms with Gasteiger partial charge in [0.25, 0.3) is 0 Å². The fourth-order valence-corrected chi connectivity index (χ4v) is 2.78. The van der Waals surface area contributed by atoms with Gasteiger partial charge in [0.2, 0.25) is 5.91 Å². The van der Waals surface area contributed by atoms with E-state index in [1.165, 1.54) is 30.9 Å². The Kier molecular flexibility index (Phi) is 13.8. The zero-order valence-corrected chi connectivity index (χ0v) is 16.7. The standard InChI is InChI=1S/C22H37NO2/c1-6-18(2)15-20(4)17-21(5)16-19(3)11-9-7-8-10-12-22(25)23-13-14-24/h7-12,15,18-19,21,24H,6,13-14,16-17H2,1-5H3,(H,23,25)/b8-7+,11-9+,12-10+,20-15+/t18-,19-,21+/m1/s1. The normalized spacial score (nSPS) is 16.6. The van der Waals surface area contributed by atoms with Crippen molar-refractivity contribution in [3.63, 3.8) is 0 Å². The Balaban J connectivity index is 4.15. The lowest BCUT2D eigenvalue weighted by Gasteiger charge is -2.15. The highest BCUT2D eigenvalue weighted by Gasteiger charge is 2.07. The summed E-state index contributed by atoms with van der Waals surface area (Å²) >= 11 is 0. The number of amides is 1. The van der Waals surface area contributed by atoms with E-state index in [9.17, 15) is 4.79 Å². The molecule has 0 spiro atoms. The second-order valence-corrected chi connectivity index (χ2v) is 7.06. The number of hydrogen-bond donors (Lipinski definition) is 2. The van der Waals surface area contributed by atoms with Crippen molar-refractivity contribution in [1.29, 1.82) is 0 Å². The predicted molar refractivity (Wildman–Crippen MR) is 108 cm³/mol. The first-order valence-corrected chi connectivity index (χ1v) is 9.46. The molecule has 0 fully saturated rings. The Labute approximate surface area is 154 Å². The second-order valence-electron chi connectivity index (χ2n) is 7.06. The zero-order valence-electron chi connectivity index (χ0n) is 16.7. The topological polar surface area (TPSA) is 49.3 Å². The van der Waals surface area contributed by atoms with Crippen molar-refractivity contribution < 1.29 is 9.90 Å². The Hall–Kier alpha value is -1.61. The minimum atomic E-state index is -0.189. The number of hydrogen-bond acceptors (Lipinski definition) is 2. The van der Waals surface area contributed by atoms with Gasteiger partial charge >= 0.3 is 0 Å². The maximum Gasteiger partial charge on any atom is 0.244 e. The quantitative estimate of drug-likeness (QED) is 0.302. The van der Waals surface area contributed by atoms with Crippen LogP contribution in [0.2, 0.25) is 0 Å². The Bertz CT molecular complexity index is 474. The molecule has 0 radical (unpaired) electrons. The predicted octanol–water partition coefficient (Wildman–Crippen LogP) is 4.81. The minimum Gasteiger partial charge on any atom is -0.395 e. The van der Waals surface area contributed by atoms with Crippen molar-refractivity contribution in [3.8, 4) is 0 Å². The molecular weight excluding hydrogens is 310 g/mol. The molecule has 0 saturated carbocycles. The van der Waals surface area contributed by atoms with Gasteiger partial charge in [0.1, 0.15) is 0 Å². The summed E-state index contributed by atoms with van der Waals surface area (Å²) in [4.78, 5) is 11.3. The SMILES string of the molecule is CC[C@@H](C)/C=C(\C)C[C@@H](C)C[C@H](C)/C=C/C=C/C=C/C(=O)NCCO. The van der Waals surface area contributed by atoms with E-state index in [0.29, 0.717) is 17.8 Å². The lowest BCUT2D eigenvalue weighted by Crippen LogP contribution is -2.24. The molecule has 142 valence electrons. The van der Waals surface area contributed by atoms with Crippen LogP contribution >= 0.6 is 0 Å². The number of nitrogens with one attached hydrogen (secondary N) is 1. The minimum absolute atomic E-state index is 0.0403. The van der Waals surface area contributed by atoms with Crippen molar-refractivity contribution in [2.24, 2.45) is 17.8 Å². The monoisotopic (exact) mass is 347 g/mol. The number of rotatable bonds is 12. The van der Waals surface area contributed by atoms with E-state index in [2.05, 4.69) is 52.1 Å². The number of aliphatic hydroxyl groups excluding tert-OH is 1. The van der Waals surface area contributed by atoms with Gasteiger partial charge in [0.15, 0.2) is 0 Å². The molecule has 3 heteroatoms. The highest BCUT2D eigenvalue weighted by Crippen LogP contribution is 2.21. The summed E-state index contributed by atoms with van der Waals surface area (Å²) in [6, 6.07) is 0. The molecule has 2 N–H and O–H groups in total. The van der Waals surface area contributed by atoms with E-state index in [4.69, 9.17) is 5.11 Å². The van der Waals surface area contributed by atoms with Gasteiger partial charge < -0.3 is 10.4 Å². The third-order valence-corrected chi connectivity index (χ3v) is 4.09. The first-order chi connectivity index (χ1) is 11.9.